The quantitative estimate of drug-likeness (QED) is 0.0330. The maximum absolute atomic E-state index is 14.0. The summed E-state index contributed by atoms with van der Waals surface area (Å²) in [6.45, 7) is 0.776. The van der Waals surface area contributed by atoms with Gasteiger partial charge < -0.3 is 68.3 Å². The number of carbonyl (C=O) groups is 15. The second kappa shape index (κ2) is 40.5. The van der Waals surface area contributed by atoms with Gasteiger partial charge in [0.25, 0.3) is 0 Å². The van der Waals surface area contributed by atoms with E-state index in [1.165, 1.54) is 11.8 Å². The van der Waals surface area contributed by atoms with E-state index in [0.29, 0.717) is 18.6 Å². The molecule has 0 spiro atoms. The topological polar surface area (TPSA) is 479 Å². The van der Waals surface area contributed by atoms with Crippen LogP contribution in [0.25, 0.3) is 0 Å². The van der Waals surface area contributed by atoms with Crippen molar-refractivity contribution in [3.05, 3.63) is 0 Å². The smallest absolute Gasteiger partial charge is 0.303 e. The van der Waals surface area contributed by atoms with Gasteiger partial charge in [-0.25, -0.2) is 0 Å². The first-order valence-electron chi connectivity index (χ1n) is 25.8. The average Bonchev–Trinajstić information content (AvgIpc) is 3.37. The summed E-state index contributed by atoms with van der Waals surface area (Å²) in [5.74, 6) is -19.7. The third-order valence-electron chi connectivity index (χ3n) is 12.4. The highest BCUT2D eigenvalue weighted by Crippen LogP contribution is 2.21. The number of nitrogens with two attached hydrogens (primary N) is 2. The molecule has 0 heterocycles. The number of amides is 5. The number of aliphatic carboxylic acids is 5. The van der Waals surface area contributed by atoms with E-state index >= 15 is 0 Å². The highest BCUT2D eigenvalue weighted by Gasteiger charge is 2.35. The van der Waals surface area contributed by atoms with Crippen LogP contribution < -0.4 is 38.1 Å². The standard InChI is InChI=1S/C50H79N7O21S/c1-28(21-38(60)37(53-2)27-79-3)47(74)54-25-32(58)7-6-20-78-26-33(59)22-29(9-14-41(63)64)48(75)55-34(12-17-44(69)70)39(61)23-30(10-15-42(65)66)49(76)56-35(13-18-45(71)72)40(62)24-31(11-16-43(67)68)50(77)57-36(46(52)73)8-4-5-19-51/h28-31,34-37,53H,4-27,51H2,1-3H3,(H2,52,73)(H,54,74)(H,55,75)(H,56,76)(H,57,77)(H,63,64)(H,65,66)(H,67,68)(H,69,70)(H,71,72)/t28-,29+,30+,31+,34-,35-,36-,37+/m1/s1. The van der Waals surface area contributed by atoms with Crippen molar-refractivity contribution in [2.75, 3.05) is 45.4 Å². The van der Waals surface area contributed by atoms with Crippen LogP contribution in [0.3, 0.4) is 0 Å². The fourth-order valence-corrected chi connectivity index (χ4v) is 8.52. The maximum atomic E-state index is 14.0. The summed E-state index contributed by atoms with van der Waals surface area (Å²) < 4.78 is 5.37. The van der Waals surface area contributed by atoms with Crippen LogP contribution in [0.1, 0.15) is 129 Å². The number of unbranched alkanes of at least 4 members (excludes halogenated alkanes) is 1. The molecular weight excluding hydrogens is 1070 g/mol. The van der Waals surface area contributed by atoms with Crippen molar-refractivity contribution in [3.8, 4) is 0 Å². The van der Waals surface area contributed by atoms with Crippen LogP contribution in [0.15, 0.2) is 0 Å². The summed E-state index contributed by atoms with van der Waals surface area (Å²) in [4.78, 5) is 189. The summed E-state index contributed by atoms with van der Waals surface area (Å²) in [7, 11) is 1.64. The van der Waals surface area contributed by atoms with E-state index in [4.69, 9.17) is 16.2 Å². The van der Waals surface area contributed by atoms with Crippen molar-refractivity contribution >= 4 is 100 Å². The molecule has 0 radical (unpaired) electrons. The number of rotatable bonds is 49. The predicted octanol–water partition coefficient (Wildman–Crippen LogP) is -0.866. The molecule has 79 heavy (non-hydrogen) atoms. The molecule has 28 nitrogen and oxygen atoms in total. The zero-order valence-corrected chi connectivity index (χ0v) is 45.7. The van der Waals surface area contributed by atoms with E-state index in [1.54, 1.807) is 14.0 Å². The number of likely N-dealkylation sites (N-methyl/N-ethyl adjacent to an activating group) is 1. The summed E-state index contributed by atoms with van der Waals surface area (Å²) in [6.07, 6.45) is -5.92. The Morgan fingerprint density at radius 3 is 1.32 bits per heavy atom. The Morgan fingerprint density at radius 1 is 0.494 bits per heavy atom. The zero-order chi connectivity index (χ0) is 60.2. The van der Waals surface area contributed by atoms with E-state index in [-0.39, 0.29) is 56.9 Å². The number of ether oxygens (including phenoxy) is 1. The highest BCUT2D eigenvalue weighted by atomic mass is 32.2. The molecule has 0 saturated carbocycles. The molecule has 0 aromatic heterocycles. The number of primary amides is 1. The monoisotopic (exact) mass is 1150 g/mol. The van der Waals surface area contributed by atoms with Crippen LogP contribution in [0.5, 0.6) is 0 Å². The number of ketones is 5. The van der Waals surface area contributed by atoms with Crippen molar-refractivity contribution in [2.45, 2.75) is 153 Å². The molecule has 0 bridgehead atoms. The molecular formula is C50H79N7O21S. The van der Waals surface area contributed by atoms with Gasteiger partial charge in [0.1, 0.15) is 12.6 Å². The lowest BCUT2D eigenvalue weighted by molar-refractivity contribution is -0.141. The van der Waals surface area contributed by atoms with E-state index in [2.05, 4.69) is 26.6 Å². The van der Waals surface area contributed by atoms with E-state index in [9.17, 15) is 97.5 Å². The lowest BCUT2D eigenvalue weighted by atomic mass is 9.89. The molecule has 5 amide bonds. The van der Waals surface area contributed by atoms with Gasteiger partial charge in [-0.2, -0.15) is 11.8 Å². The Hall–Kier alpha value is -6.72. The minimum absolute atomic E-state index is 0.0321. The lowest BCUT2D eigenvalue weighted by Gasteiger charge is -2.25. The van der Waals surface area contributed by atoms with Crippen LogP contribution in [-0.4, -0.2) is 183 Å². The highest BCUT2D eigenvalue weighted by molar-refractivity contribution is 7.98. The number of hydrogen-bond acceptors (Lipinski definition) is 19. The normalized spacial score (nSPS) is 14.1. The van der Waals surface area contributed by atoms with Crippen LogP contribution in [0, 0.1) is 23.7 Å². The number of carbonyl (C=O) groups excluding carboxylic acids is 10. The van der Waals surface area contributed by atoms with Gasteiger partial charge in [-0.1, -0.05) is 6.92 Å². The van der Waals surface area contributed by atoms with Gasteiger partial charge in [0, 0.05) is 100 Å². The largest absolute Gasteiger partial charge is 0.481 e. The van der Waals surface area contributed by atoms with Crippen molar-refractivity contribution in [3.63, 3.8) is 0 Å². The number of carboxylic acids is 5. The number of Topliss-reactive ketones (excluding diaryl/α,β-unsaturated/α-hetero) is 5. The summed E-state index contributed by atoms with van der Waals surface area (Å²) in [5, 5.41) is 59.6. The molecule has 0 saturated heterocycles. The molecule has 446 valence electrons. The Morgan fingerprint density at radius 2 is 0.911 bits per heavy atom. The molecule has 14 N–H and O–H groups in total. The lowest BCUT2D eigenvalue weighted by Crippen LogP contribution is -2.49. The molecule has 0 aliphatic heterocycles. The Kier molecular flexibility index (Phi) is 37.0. The molecule has 8 atom stereocenters. The molecule has 0 unspecified atom stereocenters. The van der Waals surface area contributed by atoms with Crippen LogP contribution in [0.2, 0.25) is 0 Å². The van der Waals surface area contributed by atoms with Gasteiger partial charge >= 0.3 is 29.8 Å². The molecule has 0 aromatic rings. The second-order valence-electron chi connectivity index (χ2n) is 19.0. The van der Waals surface area contributed by atoms with Gasteiger partial charge in [0.05, 0.1) is 24.7 Å². The van der Waals surface area contributed by atoms with Gasteiger partial charge in [0.2, 0.25) is 29.5 Å². The zero-order valence-electron chi connectivity index (χ0n) is 44.9. The predicted molar refractivity (Wildman–Crippen MR) is 280 cm³/mol. The average molecular weight is 1150 g/mol. The van der Waals surface area contributed by atoms with E-state index in [0.717, 1.165) is 0 Å². The summed E-state index contributed by atoms with van der Waals surface area (Å²) in [5.41, 5.74) is 10.9. The first-order valence-corrected chi connectivity index (χ1v) is 27.2. The summed E-state index contributed by atoms with van der Waals surface area (Å²) in [6, 6.07) is -5.13. The molecule has 0 fully saturated rings. The minimum atomic E-state index is -1.73. The SMILES string of the molecule is CN[C@@H](CSC)C(=O)C[C@@H](C)C(=O)NCC(=O)CCCOCC(=O)C[C@H](CCC(=O)O)C(=O)N[C@H](CCC(=O)O)C(=O)C[C@H](CCC(=O)O)C(=O)N[C@H](CCC(=O)O)C(=O)C[C@H](CCC(=O)O)C(=O)N[C@H](CCCCN)C(N)=O. The Bertz CT molecular complexity index is 2130. The third kappa shape index (κ3) is 33.4. The number of hydrogen-bond donors (Lipinski definition) is 12. The molecule has 0 aliphatic rings. The fraction of sp³-hybridized carbons (Fsp3) is 0.700. The molecule has 0 aliphatic carbocycles. The van der Waals surface area contributed by atoms with E-state index in [1.807, 2.05) is 6.26 Å². The molecule has 0 rings (SSSR count). The van der Waals surface area contributed by atoms with Gasteiger partial charge in [-0.05, 0) is 77.6 Å². The van der Waals surface area contributed by atoms with Gasteiger partial charge in [-0.3, -0.25) is 71.9 Å². The third-order valence-corrected chi connectivity index (χ3v) is 13.1. The van der Waals surface area contributed by atoms with Crippen LogP contribution in [0.4, 0.5) is 0 Å². The van der Waals surface area contributed by atoms with E-state index < -0.39 is 215 Å². The van der Waals surface area contributed by atoms with Crippen LogP contribution in [-0.2, 0) is 76.7 Å². The number of thioether (sulfide) groups is 1. The van der Waals surface area contributed by atoms with Gasteiger partial charge in [-0.15, -0.1) is 0 Å². The minimum Gasteiger partial charge on any atom is -0.481 e. The first-order chi connectivity index (χ1) is 37.1. The Labute approximate surface area is 461 Å². The van der Waals surface area contributed by atoms with Crippen molar-refractivity contribution < 1.29 is 102 Å². The second-order valence-corrected chi connectivity index (χ2v) is 19.9. The maximum Gasteiger partial charge on any atom is 0.303 e. The number of carboxylic acid groups (broad SMARTS) is 5. The fourth-order valence-electron chi connectivity index (χ4n) is 7.83. The van der Waals surface area contributed by atoms with Crippen LogP contribution >= 0.6 is 11.8 Å². The summed E-state index contributed by atoms with van der Waals surface area (Å²) >= 11 is 1.47. The van der Waals surface area contributed by atoms with Crippen molar-refractivity contribution in [1.82, 2.24) is 26.6 Å². The first kappa shape index (κ1) is 72.3. The van der Waals surface area contributed by atoms with Crippen molar-refractivity contribution in [1.29, 1.82) is 0 Å². The Balaban J connectivity index is 6.21. The molecule has 29 heteroatoms. The number of nitrogens with one attached hydrogen (secondary N) is 5. The van der Waals surface area contributed by atoms with Gasteiger partial charge in [0.15, 0.2) is 28.9 Å². The molecule has 0 aromatic carbocycles. The van der Waals surface area contributed by atoms with Crippen molar-refractivity contribution in [2.24, 2.45) is 35.1 Å².